The molecule has 0 bridgehead atoms. The van der Waals surface area contributed by atoms with Gasteiger partial charge in [-0.3, -0.25) is 10.1 Å². The highest BCUT2D eigenvalue weighted by atomic mass is 35.5. The van der Waals surface area contributed by atoms with Crippen LogP contribution in [-0.2, 0) is 4.74 Å². The Morgan fingerprint density at radius 2 is 2.05 bits per heavy atom. The van der Waals surface area contributed by atoms with Gasteiger partial charge in [0.05, 0.1) is 27.3 Å². The van der Waals surface area contributed by atoms with Gasteiger partial charge in [-0.05, 0) is 32.0 Å². The number of hydrogen-bond acceptors (Lipinski definition) is 6. The normalized spacial score (nSPS) is 11.9. The van der Waals surface area contributed by atoms with Crippen LogP contribution in [0.5, 0.6) is 0 Å². The van der Waals surface area contributed by atoms with Crippen molar-refractivity contribution in [1.29, 1.82) is 0 Å². The van der Waals surface area contributed by atoms with E-state index in [1.54, 1.807) is 13.8 Å². The molecule has 0 aromatic heterocycles. The number of esters is 1. The van der Waals surface area contributed by atoms with Crippen molar-refractivity contribution in [2.24, 2.45) is 10.2 Å². The van der Waals surface area contributed by atoms with Gasteiger partial charge in [-0.1, -0.05) is 11.6 Å². The van der Waals surface area contributed by atoms with Crippen LogP contribution in [0.2, 0.25) is 5.02 Å². The number of azo groups is 1. The Hall–Kier alpha value is -2.02. The summed E-state index contributed by atoms with van der Waals surface area (Å²) < 4.78 is 5.05. The van der Waals surface area contributed by atoms with E-state index in [-0.39, 0.29) is 22.4 Å². The van der Waals surface area contributed by atoms with Gasteiger partial charge in [0, 0.05) is 13.8 Å². The van der Waals surface area contributed by atoms with Gasteiger partial charge in [-0.2, -0.15) is 0 Å². The summed E-state index contributed by atoms with van der Waals surface area (Å²) in [6, 6.07) is 4.35. The van der Waals surface area contributed by atoms with Gasteiger partial charge in [0.1, 0.15) is 0 Å². The molecule has 0 aliphatic carbocycles. The lowest BCUT2D eigenvalue weighted by Crippen LogP contribution is -2.27. The third kappa shape index (κ3) is 4.78. The number of benzene rings is 1. The molecule has 0 aliphatic heterocycles. The molecule has 1 rings (SSSR count). The van der Waals surface area contributed by atoms with Crippen LogP contribution in [0.1, 0.15) is 38.1 Å². The van der Waals surface area contributed by atoms with Gasteiger partial charge in [0.15, 0.2) is 0 Å². The molecule has 7 nitrogen and oxygen atoms in total. The van der Waals surface area contributed by atoms with E-state index in [2.05, 4.69) is 10.2 Å². The van der Waals surface area contributed by atoms with E-state index in [4.69, 9.17) is 16.3 Å². The molecule has 0 amide bonds. The first-order valence-corrected chi connectivity index (χ1v) is 6.59. The maximum absolute atomic E-state index is 11.9. The van der Waals surface area contributed by atoms with Crippen LogP contribution in [-0.4, -0.2) is 22.7 Å². The number of carbonyl (C=O) groups is 1. The lowest BCUT2D eigenvalue weighted by atomic mass is 10.2. The van der Waals surface area contributed by atoms with Crippen molar-refractivity contribution < 1.29 is 14.5 Å². The number of nitro groups is 1. The average Bonchev–Trinajstić information content (AvgIpc) is 2.36. The van der Waals surface area contributed by atoms with Crippen molar-refractivity contribution in [1.82, 2.24) is 0 Å². The van der Waals surface area contributed by atoms with Crippen LogP contribution in [0.3, 0.4) is 0 Å². The van der Waals surface area contributed by atoms with E-state index in [0.29, 0.717) is 0 Å². The van der Waals surface area contributed by atoms with Crippen LogP contribution >= 0.6 is 11.6 Å². The molecule has 1 aromatic carbocycles. The number of halogens is 1. The minimum absolute atomic E-state index is 0.140. The molecule has 0 heterocycles. The first-order valence-electron chi connectivity index (χ1n) is 6.21. The Bertz CT molecular complexity index is 585. The maximum Gasteiger partial charge on any atom is 0.339 e. The third-order valence-corrected chi connectivity index (χ3v) is 2.70. The number of ether oxygens (including phenoxy) is 1. The molecular formula is C13H16ClN3O4. The molecule has 1 aromatic rings. The second-order valence-electron chi connectivity index (χ2n) is 5.07. The Kier molecular flexibility index (Phi) is 5.37. The number of nitrogens with zero attached hydrogens (tertiary/aromatic N) is 3. The summed E-state index contributed by atoms with van der Waals surface area (Å²) in [5, 5.41) is 18.4. The zero-order valence-corrected chi connectivity index (χ0v) is 12.9. The minimum atomic E-state index is -1.54. The highest BCUT2D eigenvalue weighted by Crippen LogP contribution is 2.25. The van der Waals surface area contributed by atoms with Crippen molar-refractivity contribution in [3.05, 3.63) is 38.9 Å². The van der Waals surface area contributed by atoms with E-state index in [1.807, 2.05) is 0 Å². The lowest BCUT2D eigenvalue weighted by Gasteiger charge is -2.10. The van der Waals surface area contributed by atoms with Gasteiger partial charge in [-0.25, -0.2) is 4.79 Å². The van der Waals surface area contributed by atoms with Crippen LogP contribution < -0.4 is 0 Å². The monoisotopic (exact) mass is 313 g/mol. The minimum Gasteiger partial charge on any atom is -0.459 e. The first kappa shape index (κ1) is 17.0. The van der Waals surface area contributed by atoms with Crippen LogP contribution in [0.4, 0.5) is 5.69 Å². The van der Waals surface area contributed by atoms with Crippen molar-refractivity contribution in [2.75, 3.05) is 0 Å². The van der Waals surface area contributed by atoms with E-state index >= 15 is 0 Å². The van der Waals surface area contributed by atoms with E-state index in [0.717, 1.165) is 0 Å². The first-order chi connectivity index (χ1) is 9.63. The van der Waals surface area contributed by atoms with Crippen LogP contribution in [0.15, 0.2) is 28.4 Å². The fourth-order valence-corrected chi connectivity index (χ4v) is 1.42. The standard InChI is InChI=1S/C13H16ClN3O4/c1-8(2)21-12(18)10-7-9(5-6-11(10)14)15-16-13(3,4)17(19)20/h5-8H,1-4H3. The number of hydrogen-bond donors (Lipinski definition) is 0. The summed E-state index contributed by atoms with van der Waals surface area (Å²) in [6.07, 6.45) is -0.285. The largest absolute Gasteiger partial charge is 0.459 e. The summed E-state index contributed by atoms with van der Waals surface area (Å²) in [4.78, 5) is 22.0. The van der Waals surface area contributed by atoms with Gasteiger partial charge in [0.25, 0.3) is 0 Å². The molecule has 0 radical (unpaired) electrons. The molecular weight excluding hydrogens is 298 g/mol. The van der Waals surface area contributed by atoms with Gasteiger partial charge < -0.3 is 4.74 Å². The molecule has 0 aliphatic rings. The molecule has 0 fully saturated rings. The molecule has 0 atom stereocenters. The Labute approximate surface area is 127 Å². The fraction of sp³-hybridized carbons (Fsp3) is 0.462. The lowest BCUT2D eigenvalue weighted by molar-refractivity contribution is -0.559. The zero-order valence-electron chi connectivity index (χ0n) is 12.2. The van der Waals surface area contributed by atoms with Crippen LogP contribution in [0, 0.1) is 10.1 Å². The summed E-state index contributed by atoms with van der Waals surface area (Å²) in [6.45, 7) is 6.07. The van der Waals surface area contributed by atoms with E-state index in [1.165, 1.54) is 32.0 Å². The summed E-state index contributed by atoms with van der Waals surface area (Å²) >= 11 is 5.93. The van der Waals surface area contributed by atoms with Crippen LogP contribution in [0.25, 0.3) is 0 Å². The SMILES string of the molecule is CC(C)OC(=O)c1cc(N=NC(C)(C)[N+](=O)[O-])ccc1Cl. The Balaban J connectivity index is 3.05. The Morgan fingerprint density at radius 3 is 2.57 bits per heavy atom. The quantitative estimate of drug-likeness (QED) is 0.355. The predicted molar refractivity (Wildman–Crippen MR) is 77.6 cm³/mol. The zero-order chi connectivity index (χ0) is 16.2. The third-order valence-electron chi connectivity index (χ3n) is 2.37. The smallest absolute Gasteiger partial charge is 0.339 e. The van der Waals surface area contributed by atoms with Crippen molar-refractivity contribution in [3.8, 4) is 0 Å². The Morgan fingerprint density at radius 1 is 1.43 bits per heavy atom. The molecule has 21 heavy (non-hydrogen) atoms. The highest BCUT2D eigenvalue weighted by molar-refractivity contribution is 6.33. The second kappa shape index (κ2) is 6.62. The summed E-state index contributed by atoms with van der Waals surface area (Å²) in [5.41, 5.74) is -1.12. The molecule has 0 unspecified atom stereocenters. The van der Waals surface area contributed by atoms with Gasteiger partial charge in [-0.15, -0.1) is 10.2 Å². The highest BCUT2D eigenvalue weighted by Gasteiger charge is 2.29. The molecule has 8 heteroatoms. The molecule has 0 spiro atoms. The summed E-state index contributed by atoms with van der Waals surface area (Å²) in [7, 11) is 0. The van der Waals surface area contributed by atoms with Crippen molar-refractivity contribution in [3.63, 3.8) is 0 Å². The molecule has 0 saturated heterocycles. The van der Waals surface area contributed by atoms with E-state index in [9.17, 15) is 14.9 Å². The number of carbonyl (C=O) groups excluding carboxylic acids is 1. The van der Waals surface area contributed by atoms with Crippen molar-refractivity contribution in [2.45, 2.75) is 39.5 Å². The number of rotatable bonds is 5. The van der Waals surface area contributed by atoms with Gasteiger partial charge in [0.2, 0.25) is 0 Å². The van der Waals surface area contributed by atoms with Gasteiger partial charge >= 0.3 is 11.6 Å². The summed E-state index contributed by atoms with van der Waals surface area (Å²) in [5.74, 6) is -0.583. The molecule has 0 N–H and O–H groups in total. The maximum atomic E-state index is 11.9. The predicted octanol–water partition coefficient (Wildman–Crippen LogP) is 4.00. The van der Waals surface area contributed by atoms with E-state index < -0.39 is 16.6 Å². The van der Waals surface area contributed by atoms with Crippen molar-refractivity contribution >= 4 is 23.3 Å². The topological polar surface area (TPSA) is 94.2 Å². The average molecular weight is 314 g/mol. The fourth-order valence-electron chi connectivity index (χ4n) is 1.23. The molecule has 114 valence electrons. The molecule has 0 saturated carbocycles. The second-order valence-corrected chi connectivity index (χ2v) is 5.48.